The Morgan fingerprint density at radius 1 is 1.24 bits per heavy atom. The first kappa shape index (κ1) is 18.5. The highest BCUT2D eigenvalue weighted by Crippen LogP contribution is 2.63. The lowest BCUT2D eigenvalue weighted by Gasteiger charge is -2.60. The van der Waals surface area contributed by atoms with Crippen LogP contribution in [0.15, 0.2) is 0 Å². The molecule has 0 bridgehead atoms. The van der Waals surface area contributed by atoms with E-state index in [1.165, 1.54) is 19.3 Å². The van der Waals surface area contributed by atoms with Gasteiger partial charge in [-0.25, -0.2) is 4.79 Å². The normalized spacial score (nSPS) is 28.6. The van der Waals surface area contributed by atoms with Crippen molar-refractivity contribution in [2.75, 3.05) is 26.2 Å². The minimum Gasteiger partial charge on any atom is -0.480 e. The Bertz CT molecular complexity index is 506. The van der Waals surface area contributed by atoms with E-state index in [2.05, 4.69) is 10.6 Å². The lowest BCUT2D eigenvalue weighted by Crippen LogP contribution is -2.60. The van der Waals surface area contributed by atoms with Crippen LogP contribution < -0.4 is 10.6 Å². The van der Waals surface area contributed by atoms with Crippen molar-refractivity contribution in [2.45, 2.75) is 64.0 Å². The number of aliphatic carboxylic acids is 1. The van der Waals surface area contributed by atoms with Gasteiger partial charge in [-0.3, -0.25) is 9.69 Å². The van der Waals surface area contributed by atoms with Gasteiger partial charge in [-0.05, 0) is 50.5 Å². The summed E-state index contributed by atoms with van der Waals surface area (Å²) in [4.78, 5) is 24.9. The fourth-order valence-corrected chi connectivity index (χ4v) is 5.04. The number of likely N-dealkylation sites (N-methyl/N-ethyl adjacent to an activating group) is 1. The van der Waals surface area contributed by atoms with Gasteiger partial charge in [0.05, 0.1) is 13.2 Å². The number of hydrogen-bond donors (Lipinski definition) is 4. The van der Waals surface area contributed by atoms with E-state index < -0.39 is 5.97 Å². The SMILES string of the molecule is CCN(CC(=O)O)C1CC(NC(=O)NCC2(CO)CC3(CCC3)C2)C1. The first-order chi connectivity index (χ1) is 11.9. The third-order valence-electron chi connectivity index (χ3n) is 6.58. The first-order valence-electron chi connectivity index (χ1n) is 9.50. The topological polar surface area (TPSA) is 102 Å². The van der Waals surface area contributed by atoms with Gasteiger partial charge in [0.15, 0.2) is 0 Å². The fraction of sp³-hybridized carbons (Fsp3) is 0.889. The summed E-state index contributed by atoms with van der Waals surface area (Å²) in [5, 5.41) is 24.5. The zero-order chi connectivity index (χ0) is 18.1. The van der Waals surface area contributed by atoms with Gasteiger partial charge in [-0.1, -0.05) is 13.3 Å². The van der Waals surface area contributed by atoms with Crippen molar-refractivity contribution in [2.24, 2.45) is 10.8 Å². The van der Waals surface area contributed by atoms with Gasteiger partial charge in [-0.15, -0.1) is 0 Å². The van der Waals surface area contributed by atoms with E-state index in [1.807, 2.05) is 11.8 Å². The number of carboxylic acids is 1. The molecule has 3 aliphatic rings. The van der Waals surface area contributed by atoms with Crippen LogP contribution in [0, 0.1) is 10.8 Å². The first-order valence-corrected chi connectivity index (χ1v) is 9.50. The van der Waals surface area contributed by atoms with Crippen molar-refractivity contribution < 1.29 is 19.8 Å². The molecular weight excluding hydrogens is 322 g/mol. The van der Waals surface area contributed by atoms with Gasteiger partial charge in [0.25, 0.3) is 0 Å². The van der Waals surface area contributed by atoms with E-state index in [0.29, 0.717) is 18.5 Å². The highest BCUT2D eigenvalue weighted by molar-refractivity contribution is 5.74. The molecule has 0 radical (unpaired) electrons. The van der Waals surface area contributed by atoms with E-state index in [9.17, 15) is 14.7 Å². The Labute approximate surface area is 149 Å². The highest BCUT2D eigenvalue weighted by Gasteiger charge is 2.56. The van der Waals surface area contributed by atoms with Gasteiger partial charge in [0, 0.05) is 24.0 Å². The molecule has 25 heavy (non-hydrogen) atoms. The summed E-state index contributed by atoms with van der Waals surface area (Å²) in [6.07, 6.45) is 7.50. The number of aliphatic hydroxyl groups is 1. The molecule has 142 valence electrons. The summed E-state index contributed by atoms with van der Waals surface area (Å²) in [5.41, 5.74) is 0.343. The van der Waals surface area contributed by atoms with Crippen molar-refractivity contribution >= 4 is 12.0 Å². The Hall–Kier alpha value is -1.34. The molecule has 3 aliphatic carbocycles. The predicted octanol–water partition coefficient (Wildman–Crippen LogP) is 1.17. The minimum absolute atomic E-state index is 0.0564. The molecule has 2 amide bonds. The number of nitrogens with zero attached hydrogens (tertiary/aromatic N) is 1. The van der Waals surface area contributed by atoms with E-state index in [0.717, 1.165) is 25.7 Å². The van der Waals surface area contributed by atoms with Crippen LogP contribution in [-0.4, -0.2) is 65.4 Å². The standard InChI is InChI=1S/C18H31N3O4/c1-2-21(8-15(23)24)14-6-13(7-14)20-16(25)19-11-18(12-22)9-17(10-18)4-3-5-17/h13-14,22H,2-12H2,1H3,(H,23,24)(H2,19,20,25). The molecule has 3 rings (SSSR count). The summed E-state index contributed by atoms with van der Waals surface area (Å²) >= 11 is 0. The van der Waals surface area contributed by atoms with Crippen molar-refractivity contribution in [3.63, 3.8) is 0 Å². The maximum Gasteiger partial charge on any atom is 0.317 e. The highest BCUT2D eigenvalue weighted by atomic mass is 16.4. The third kappa shape index (κ3) is 3.92. The molecule has 3 fully saturated rings. The second-order valence-corrected chi connectivity index (χ2v) is 8.47. The molecule has 7 heteroatoms. The minimum atomic E-state index is -0.810. The molecule has 0 aliphatic heterocycles. The number of hydrogen-bond acceptors (Lipinski definition) is 4. The largest absolute Gasteiger partial charge is 0.480 e. The van der Waals surface area contributed by atoms with Crippen molar-refractivity contribution in [1.82, 2.24) is 15.5 Å². The summed E-state index contributed by atoms with van der Waals surface area (Å²) in [5.74, 6) is -0.810. The van der Waals surface area contributed by atoms with Crippen LogP contribution in [0.5, 0.6) is 0 Å². The molecule has 7 nitrogen and oxygen atoms in total. The van der Waals surface area contributed by atoms with E-state index in [1.54, 1.807) is 0 Å². The van der Waals surface area contributed by atoms with Gasteiger partial charge >= 0.3 is 12.0 Å². The van der Waals surface area contributed by atoms with Crippen LogP contribution in [-0.2, 0) is 4.79 Å². The molecule has 4 N–H and O–H groups in total. The van der Waals surface area contributed by atoms with Crippen molar-refractivity contribution in [3.05, 3.63) is 0 Å². The lowest BCUT2D eigenvalue weighted by atomic mass is 9.45. The number of amides is 2. The molecule has 0 unspecified atom stereocenters. The molecular formula is C18H31N3O4. The van der Waals surface area contributed by atoms with Gasteiger partial charge < -0.3 is 20.8 Å². The van der Waals surface area contributed by atoms with Gasteiger partial charge in [-0.2, -0.15) is 0 Å². The predicted molar refractivity (Wildman–Crippen MR) is 93.3 cm³/mol. The smallest absolute Gasteiger partial charge is 0.317 e. The van der Waals surface area contributed by atoms with Crippen LogP contribution in [0.4, 0.5) is 4.79 Å². The van der Waals surface area contributed by atoms with E-state index in [-0.39, 0.29) is 36.7 Å². The molecule has 3 saturated carbocycles. The number of aliphatic hydroxyl groups excluding tert-OH is 1. The molecule has 0 aromatic carbocycles. The fourth-order valence-electron chi connectivity index (χ4n) is 5.04. The van der Waals surface area contributed by atoms with Crippen LogP contribution >= 0.6 is 0 Å². The zero-order valence-corrected chi connectivity index (χ0v) is 15.1. The maximum absolute atomic E-state index is 12.1. The second-order valence-electron chi connectivity index (χ2n) is 8.47. The van der Waals surface area contributed by atoms with Crippen molar-refractivity contribution in [1.29, 1.82) is 0 Å². The summed E-state index contributed by atoms with van der Waals surface area (Å²) in [6, 6.07) is 0.171. The monoisotopic (exact) mass is 353 g/mol. The number of urea groups is 1. The number of carbonyl (C=O) groups excluding carboxylic acids is 1. The summed E-state index contributed by atoms with van der Waals surface area (Å²) < 4.78 is 0. The quantitative estimate of drug-likeness (QED) is 0.525. The molecule has 0 saturated heterocycles. The van der Waals surface area contributed by atoms with Crippen LogP contribution in [0.1, 0.15) is 51.9 Å². The molecule has 0 aromatic rings. The van der Waals surface area contributed by atoms with Gasteiger partial charge in [0.2, 0.25) is 0 Å². The average molecular weight is 353 g/mol. The number of carbonyl (C=O) groups is 2. The molecule has 0 aromatic heterocycles. The number of nitrogens with one attached hydrogen (secondary N) is 2. The van der Waals surface area contributed by atoms with Crippen LogP contribution in [0.25, 0.3) is 0 Å². The number of carboxylic acid groups (broad SMARTS) is 1. The third-order valence-corrected chi connectivity index (χ3v) is 6.58. The Kier molecular flexibility index (Phi) is 5.25. The average Bonchev–Trinajstić information content (AvgIpc) is 2.46. The number of rotatable bonds is 8. The van der Waals surface area contributed by atoms with Crippen molar-refractivity contribution in [3.8, 4) is 0 Å². The van der Waals surface area contributed by atoms with E-state index in [4.69, 9.17) is 5.11 Å². The Morgan fingerprint density at radius 2 is 1.92 bits per heavy atom. The second kappa shape index (κ2) is 7.11. The summed E-state index contributed by atoms with van der Waals surface area (Å²) in [6.45, 7) is 3.39. The zero-order valence-electron chi connectivity index (χ0n) is 15.1. The summed E-state index contributed by atoms with van der Waals surface area (Å²) in [7, 11) is 0. The van der Waals surface area contributed by atoms with Crippen LogP contribution in [0.3, 0.4) is 0 Å². The lowest BCUT2D eigenvalue weighted by molar-refractivity contribution is -0.139. The molecule has 0 atom stereocenters. The Morgan fingerprint density at radius 3 is 2.40 bits per heavy atom. The van der Waals surface area contributed by atoms with E-state index >= 15 is 0 Å². The molecule has 1 spiro atoms. The maximum atomic E-state index is 12.1. The van der Waals surface area contributed by atoms with Crippen LogP contribution in [0.2, 0.25) is 0 Å². The van der Waals surface area contributed by atoms with Gasteiger partial charge in [0.1, 0.15) is 0 Å². The Balaban J connectivity index is 1.34. The molecule has 0 heterocycles.